The average molecular weight is 492 g/mol. The second-order valence-corrected chi connectivity index (χ2v) is 9.66. The van der Waals surface area contributed by atoms with E-state index < -0.39 is 47.4 Å². The molecule has 5 rings (SSSR count). The van der Waals surface area contributed by atoms with Crippen molar-refractivity contribution in [2.45, 2.75) is 69.8 Å². The van der Waals surface area contributed by atoms with Gasteiger partial charge < -0.3 is 29.9 Å². The molecule has 0 spiro atoms. The normalized spacial score (nSPS) is 28.5. The molecule has 0 saturated carbocycles. The van der Waals surface area contributed by atoms with Gasteiger partial charge in [-0.05, 0) is 62.6 Å². The summed E-state index contributed by atoms with van der Waals surface area (Å²) in [5.74, 6) is -0.984. The van der Waals surface area contributed by atoms with Gasteiger partial charge in [0.1, 0.15) is 41.2 Å². The van der Waals surface area contributed by atoms with Crippen molar-refractivity contribution in [2.75, 3.05) is 6.54 Å². The molecule has 35 heavy (non-hydrogen) atoms. The molecule has 3 aromatic rings. The molecule has 2 aliphatic rings. The standard InChI is InChI=1S/C24H27F3N4O4/c1-11-12-5-7-31(20(12)30-10-29-11)21-18(32)24(3,34)22(35-21)23(2,33)16-8-14(19(26)27)17(25)13-4-6-28-9-15(13)16/h5,7-8,10,18-19,21-22,28,32-34H,4,6,9H2,1-3H3/t18-,21+,22+,23?,24-/m0/s1. The molecule has 0 aliphatic carbocycles. The first-order chi connectivity index (χ1) is 16.5. The van der Waals surface area contributed by atoms with Crippen LogP contribution in [-0.4, -0.2) is 54.2 Å². The smallest absolute Gasteiger partial charge is 0.266 e. The third kappa shape index (κ3) is 3.56. The number of aromatic nitrogens is 3. The van der Waals surface area contributed by atoms with Crippen molar-refractivity contribution in [3.63, 3.8) is 0 Å². The molecule has 11 heteroatoms. The van der Waals surface area contributed by atoms with Crippen LogP contribution in [0.25, 0.3) is 11.0 Å². The Kier molecular flexibility index (Phi) is 5.68. The number of aryl methyl sites for hydroxylation is 1. The predicted molar refractivity (Wildman–Crippen MR) is 119 cm³/mol. The van der Waals surface area contributed by atoms with Gasteiger partial charge in [0, 0.05) is 18.1 Å². The van der Waals surface area contributed by atoms with E-state index in [1.807, 2.05) is 0 Å². The molecule has 5 atom stereocenters. The van der Waals surface area contributed by atoms with E-state index in [0.29, 0.717) is 23.4 Å². The lowest BCUT2D eigenvalue weighted by Gasteiger charge is -2.39. The van der Waals surface area contributed by atoms with Gasteiger partial charge in [0.15, 0.2) is 6.23 Å². The maximum Gasteiger partial charge on any atom is 0.266 e. The van der Waals surface area contributed by atoms with Crippen molar-refractivity contribution in [1.82, 2.24) is 19.9 Å². The molecular weight excluding hydrogens is 465 g/mol. The summed E-state index contributed by atoms with van der Waals surface area (Å²) >= 11 is 0. The summed E-state index contributed by atoms with van der Waals surface area (Å²) in [6.07, 6.45) is -4.02. The van der Waals surface area contributed by atoms with E-state index in [0.717, 1.165) is 11.5 Å². The van der Waals surface area contributed by atoms with Gasteiger partial charge in [-0.3, -0.25) is 0 Å². The van der Waals surface area contributed by atoms with Crippen LogP contribution in [0.2, 0.25) is 0 Å². The number of hydrogen-bond acceptors (Lipinski definition) is 7. The van der Waals surface area contributed by atoms with Crippen LogP contribution < -0.4 is 5.32 Å². The maximum absolute atomic E-state index is 14.9. The van der Waals surface area contributed by atoms with E-state index in [-0.39, 0.29) is 24.1 Å². The fourth-order valence-electron chi connectivity index (χ4n) is 5.43. The lowest BCUT2D eigenvalue weighted by molar-refractivity contribution is -0.162. The monoisotopic (exact) mass is 492 g/mol. The van der Waals surface area contributed by atoms with Crippen LogP contribution >= 0.6 is 0 Å². The largest absolute Gasteiger partial charge is 0.385 e. The van der Waals surface area contributed by atoms with Crippen LogP contribution in [-0.2, 0) is 23.3 Å². The zero-order valence-electron chi connectivity index (χ0n) is 19.5. The van der Waals surface area contributed by atoms with Crippen molar-refractivity contribution in [3.05, 3.63) is 58.4 Å². The molecule has 2 aromatic heterocycles. The van der Waals surface area contributed by atoms with E-state index in [9.17, 15) is 28.5 Å². The van der Waals surface area contributed by atoms with Gasteiger partial charge in [0.25, 0.3) is 6.43 Å². The zero-order chi connectivity index (χ0) is 25.3. The molecule has 188 valence electrons. The molecule has 8 nitrogen and oxygen atoms in total. The molecular formula is C24H27F3N4O4. The highest BCUT2D eigenvalue weighted by molar-refractivity contribution is 5.78. The Morgan fingerprint density at radius 3 is 2.77 bits per heavy atom. The first kappa shape index (κ1) is 24.1. The highest BCUT2D eigenvalue weighted by atomic mass is 19.3. The topological polar surface area (TPSA) is 113 Å². The molecule has 1 fully saturated rings. The molecule has 0 amide bonds. The number of ether oxygens (including phenoxy) is 1. The van der Waals surface area contributed by atoms with Crippen LogP contribution in [0.1, 0.15) is 54.4 Å². The Morgan fingerprint density at radius 1 is 1.31 bits per heavy atom. The van der Waals surface area contributed by atoms with E-state index in [4.69, 9.17) is 4.74 Å². The average Bonchev–Trinajstić information content (AvgIpc) is 3.33. The number of nitrogens with one attached hydrogen (secondary N) is 1. The summed E-state index contributed by atoms with van der Waals surface area (Å²) in [6, 6.07) is 2.69. The number of hydrogen-bond donors (Lipinski definition) is 4. The van der Waals surface area contributed by atoms with Gasteiger partial charge in [-0.2, -0.15) is 0 Å². The molecule has 2 aliphatic heterocycles. The van der Waals surface area contributed by atoms with Gasteiger partial charge in [0.05, 0.1) is 11.3 Å². The number of benzene rings is 1. The van der Waals surface area contributed by atoms with Crippen molar-refractivity contribution in [1.29, 1.82) is 0 Å². The van der Waals surface area contributed by atoms with Crippen molar-refractivity contribution in [2.24, 2.45) is 0 Å². The Balaban J connectivity index is 1.61. The molecule has 4 N–H and O–H groups in total. The van der Waals surface area contributed by atoms with Crippen molar-refractivity contribution >= 4 is 11.0 Å². The SMILES string of the molecule is Cc1ncnc2c1ccn2[C@@H]1O[C@H](C(C)(O)c2cc(C(F)F)c(F)c3c2CNCC3)[C@@](C)(O)[C@H]1O. The predicted octanol–water partition coefficient (Wildman–Crippen LogP) is 2.38. The first-order valence-corrected chi connectivity index (χ1v) is 11.4. The third-order valence-corrected chi connectivity index (χ3v) is 7.31. The Hall–Kier alpha value is -2.57. The minimum atomic E-state index is -3.10. The molecule has 0 bridgehead atoms. The van der Waals surface area contributed by atoms with Crippen molar-refractivity contribution in [3.8, 4) is 0 Å². The lowest BCUT2D eigenvalue weighted by atomic mass is 9.76. The number of halogens is 3. The summed E-state index contributed by atoms with van der Waals surface area (Å²) in [6.45, 7) is 4.99. The second kappa shape index (κ2) is 8.24. The first-order valence-electron chi connectivity index (χ1n) is 11.4. The third-order valence-electron chi connectivity index (χ3n) is 7.31. The van der Waals surface area contributed by atoms with Crippen LogP contribution in [0.3, 0.4) is 0 Å². The number of aliphatic hydroxyl groups is 3. The Labute approximate surface area is 199 Å². The van der Waals surface area contributed by atoms with Crippen LogP contribution in [0.5, 0.6) is 0 Å². The van der Waals surface area contributed by atoms with E-state index >= 15 is 0 Å². The van der Waals surface area contributed by atoms with Gasteiger partial charge in [0.2, 0.25) is 0 Å². The Morgan fingerprint density at radius 2 is 2.06 bits per heavy atom. The van der Waals surface area contributed by atoms with Gasteiger partial charge in [-0.1, -0.05) is 0 Å². The summed E-state index contributed by atoms with van der Waals surface area (Å²) in [5.41, 5.74) is -3.24. The van der Waals surface area contributed by atoms with Crippen molar-refractivity contribution < 1.29 is 33.2 Å². The quantitative estimate of drug-likeness (QED) is 0.442. The van der Waals surface area contributed by atoms with Gasteiger partial charge >= 0.3 is 0 Å². The number of alkyl halides is 2. The van der Waals surface area contributed by atoms with Crippen LogP contribution in [0.4, 0.5) is 13.2 Å². The summed E-state index contributed by atoms with van der Waals surface area (Å²) < 4.78 is 49.9. The summed E-state index contributed by atoms with van der Waals surface area (Å²) in [5, 5.41) is 37.9. The van der Waals surface area contributed by atoms with E-state index in [1.54, 1.807) is 19.2 Å². The van der Waals surface area contributed by atoms with Gasteiger partial charge in [-0.25, -0.2) is 23.1 Å². The molecule has 1 unspecified atom stereocenters. The number of rotatable bonds is 4. The summed E-state index contributed by atoms with van der Waals surface area (Å²) in [7, 11) is 0. The molecule has 1 aromatic carbocycles. The molecule has 1 saturated heterocycles. The number of nitrogens with zero attached hydrogens (tertiary/aromatic N) is 3. The minimum absolute atomic E-state index is 0.0186. The second-order valence-electron chi connectivity index (χ2n) is 9.66. The van der Waals surface area contributed by atoms with Crippen LogP contribution in [0, 0.1) is 12.7 Å². The van der Waals surface area contributed by atoms with Gasteiger partial charge in [-0.15, -0.1) is 0 Å². The van der Waals surface area contributed by atoms with Crippen LogP contribution in [0.15, 0.2) is 24.7 Å². The van der Waals surface area contributed by atoms with E-state index in [1.165, 1.54) is 24.7 Å². The minimum Gasteiger partial charge on any atom is -0.385 e. The molecule has 0 radical (unpaired) electrons. The highest BCUT2D eigenvalue weighted by Crippen LogP contribution is 2.48. The number of fused-ring (bicyclic) bond motifs is 2. The Bertz CT molecular complexity index is 1290. The lowest BCUT2D eigenvalue weighted by Crippen LogP contribution is -2.54. The maximum atomic E-state index is 14.9. The highest BCUT2D eigenvalue weighted by Gasteiger charge is 2.60. The summed E-state index contributed by atoms with van der Waals surface area (Å²) in [4.78, 5) is 8.40. The molecule has 4 heterocycles. The fourth-order valence-corrected chi connectivity index (χ4v) is 5.43. The fraction of sp³-hybridized carbons (Fsp3) is 0.500. The zero-order valence-corrected chi connectivity index (χ0v) is 19.5. The number of aliphatic hydroxyl groups excluding tert-OH is 1. The van der Waals surface area contributed by atoms with E-state index in [2.05, 4.69) is 15.3 Å².